The summed E-state index contributed by atoms with van der Waals surface area (Å²) in [7, 11) is 0. The molecule has 0 saturated carbocycles. The van der Waals surface area contributed by atoms with Crippen LogP contribution in [-0.4, -0.2) is 26.8 Å². The van der Waals surface area contributed by atoms with E-state index >= 15 is 0 Å². The highest BCUT2D eigenvalue weighted by atomic mass is 32.1. The van der Waals surface area contributed by atoms with Crippen LogP contribution in [0.4, 0.5) is 16.5 Å². The van der Waals surface area contributed by atoms with E-state index < -0.39 is 0 Å². The maximum absolute atomic E-state index is 11.5. The summed E-state index contributed by atoms with van der Waals surface area (Å²) in [4.78, 5) is 22.5. The number of aromatic hydroxyl groups is 1. The molecular formula is C24H24N6O2S2. The molecule has 8 nitrogen and oxygen atoms in total. The smallest absolute Gasteiger partial charge is 0.221 e. The number of carbonyl (C=O) groups excluding carboxylic acids is 1. The van der Waals surface area contributed by atoms with Gasteiger partial charge in [-0.3, -0.25) is 14.4 Å². The van der Waals surface area contributed by atoms with Crippen molar-refractivity contribution in [1.29, 1.82) is 0 Å². The number of para-hydroxylation sites is 1. The van der Waals surface area contributed by atoms with E-state index in [2.05, 4.69) is 25.8 Å². The summed E-state index contributed by atoms with van der Waals surface area (Å²) in [5, 5.41) is 18.6. The van der Waals surface area contributed by atoms with E-state index in [1.165, 1.54) is 29.6 Å². The molecule has 4 aromatic rings. The highest BCUT2D eigenvalue weighted by Gasteiger charge is 2.12. The number of amides is 1. The number of rotatable bonds is 7. The average Bonchev–Trinajstić information content (AvgIpc) is 3.42. The number of nitrogens with zero attached hydrogens (tertiary/aromatic N) is 4. The third kappa shape index (κ3) is 5.24. The lowest BCUT2D eigenvalue weighted by molar-refractivity contribution is -0.114. The second-order valence-electron chi connectivity index (χ2n) is 7.32. The zero-order valence-corrected chi connectivity index (χ0v) is 20.6. The first-order valence-corrected chi connectivity index (χ1v) is 12.2. The van der Waals surface area contributed by atoms with Gasteiger partial charge in [0.05, 0.1) is 16.8 Å². The van der Waals surface area contributed by atoms with Crippen molar-refractivity contribution in [2.24, 2.45) is 10.1 Å². The molecule has 2 aromatic heterocycles. The summed E-state index contributed by atoms with van der Waals surface area (Å²) in [5.41, 5.74) is 6.56. The number of hydrogen-bond donors (Lipinski definition) is 3. The van der Waals surface area contributed by atoms with Crippen molar-refractivity contribution in [1.82, 2.24) is 9.55 Å². The summed E-state index contributed by atoms with van der Waals surface area (Å²) >= 11 is 2.79. The van der Waals surface area contributed by atoms with Crippen molar-refractivity contribution in [2.75, 3.05) is 10.7 Å². The first-order chi connectivity index (χ1) is 16.5. The number of thiazole rings is 2. The lowest BCUT2D eigenvalue weighted by atomic mass is 10.1. The van der Waals surface area contributed by atoms with E-state index in [0.29, 0.717) is 21.4 Å². The van der Waals surface area contributed by atoms with Crippen LogP contribution in [0.1, 0.15) is 24.3 Å². The van der Waals surface area contributed by atoms with Crippen molar-refractivity contribution in [3.63, 3.8) is 0 Å². The quantitative estimate of drug-likeness (QED) is 0.239. The van der Waals surface area contributed by atoms with Gasteiger partial charge in [-0.05, 0) is 43.2 Å². The summed E-state index contributed by atoms with van der Waals surface area (Å²) in [6, 6.07) is 15.3. The van der Waals surface area contributed by atoms with Gasteiger partial charge in [-0.1, -0.05) is 53.0 Å². The molecule has 4 rings (SSSR count). The molecule has 0 aliphatic heterocycles. The molecule has 174 valence electrons. The van der Waals surface area contributed by atoms with Gasteiger partial charge in [-0.15, -0.1) is 5.10 Å². The topological polar surface area (TPSA) is 104 Å². The van der Waals surface area contributed by atoms with Gasteiger partial charge in [-0.2, -0.15) is 0 Å². The van der Waals surface area contributed by atoms with E-state index in [1.807, 2.05) is 62.4 Å². The minimum atomic E-state index is -0.109. The number of carbonyl (C=O) groups is 1. The van der Waals surface area contributed by atoms with E-state index in [-0.39, 0.29) is 11.8 Å². The number of nitrogens with one attached hydrogen (secondary N) is 2. The SMILES string of the molecule is CCn1c(O)c(C=Nc2ccccc2)s/c1=N\Nc1ncc(-c2cccc(NC(C)=O)c2C)s1. The Morgan fingerprint density at radius 3 is 2.71 bits per heavy atom. The minimum absolute atomic E-state index is 0.109. The third-order valence-electron chi connectivity index (χ3n) is 4.97. The van der Waals surface area contributed by atoms with Gasteiger partial charge in [0, 0.05) is 25.4 Å². The van der Waals surface area contributed by atoms with Crippen LogP contribution in [0.25, 0.3) is 10.4 Å². The number of benzene rings is 2. The van der Waals surface area contributed by atoms with E-state index in [9.17, 15) is 9.90 Å². The fourth-order valence-corrected chi connectivity index (χ4v) is 5.06. The predicted octanol–water partition coefficient (Wildman–Crippen LogP) is 5.34. The van der Waals surface area contributed by atoms with Crippen molar-refractivity contribution in [2.45, 2.75) is 27.3 Å². The maximum Gasteiger partial charge on any atom is 0.221 e. The van der Waals surface area contributed by atoms with E-state index in [0.717, 1.165) is 27.4 Å². The highest BCUT2D eigenvalue weighted by molar-refractivity contribution is 7.18. The Labute approximate surface area is 205 Å². The molecule has 0 radical (unpaired) electrons. The monoisotopic (exact) mass is 492 g/mol. The van der Waals surface area contributed by atoms with Crippen molar-refractivity contribution in [3.05, 3.63) is 70.0 Å². The van der Waals surface area contributed by atoms with Crippen molar-refractivity contribution in [3.8, 4) is 16.3 Å². The Morgan fingerprint density at radius 2 is 1.97 bits per heavy atom. The Hall–Kier alpha value is -3.76. The molecule has 0 bridgehead atoms. The molecule has 0 aliphatic carbocycles. The normalized spacial score (nSPS) is 11.8. The fraction of sp³-hybridized carbons (Fsp3) is 0.167. The number of aromatic nitrogens is 2. The molecule has 3 N–H and O–H groups in total. The van der Waals surface area contributed by atoms with Crippen LogP contribution < -0.4 is 15.5 Å². The standard InChI is InChI=1S/C24H24N6O2S2/c1-4-30-22(32)21(14-25-17-9-6-5-7-10-17)34-24(30)29-28-23-26-13-20(33-23)18-11-8-12-19(15(18)2)27-16(3)31/h5-14,32H,4H2,1-3H3,(H,26,28)(H,27,31)/b25-14?,29-24-. The molecule has 34 heavy (non-hydrogen) atoms. The van der Waals surface area contributed by atoms with Crippen LogP contribution in [0.2, 0.25) is 0 Å². The van der Waals surface area contributed by atoms with E-state index in [1.54, 1.807) is 17.0 Å². The third-order valence-corrected chi connectivity index (χ3v) is 6.91. The van der Waals surface area contributed by atoms with Gasteiger partial charge in [-0.25, -0.2) is 10.4 Å². The van der Waals surface area contributed by atoms with Crippen LogP contribution in [-0.2, 0) is 11.3 Å². The van der Waals surface area contributed by atoms with Gasteiger partial charge < -0.3 is 10.4 Å². The van der Waals surface area contributed by atoms with E-state index in [4.69, 9.17) is 0 Å². The number of aliphatic imine (C=N–C) groups is 1. The minimum Gasteiger partial charge on any atom is -0.493 e. The largest absolute Gasteiger partial charge is 0.493 e. The molecule has 0 fully saturated rings. The highest BCUT2D eigenvalue weighted by Crippen LogP contribution is 2.34. The summed E-state index contributed by atoms with van der Waals surface area (Å²) < 4.78 is 1.71. The fourth-order valence-electron chi connectivity index (χ4n) is 3.30. The van der Waals surface area contributed by atoms with Crippen LogP contribution in [0, 0.1) is 6.92 Å². The molecule has 1 amide bonds. The maximum atomic E-state index is 11.5. The van der Waals surface area contributed by atoms with Gasteiger partial charge in [0.2, 0.25) is 21.7 Å². The van der Waals surface area contributed by atoms with Gasteiger partial charge >= 0.3 is 0 Å². The summed E-state index contributed by atoms with van der Waals surface area (Å²) in [6.07, 6.45) is 3.42. The Morgan fingerprint density at radius 1 is 1.18 bits per heavy atom. The molecule has 2 heterocycles. The molecule has 0 aliphatic rings. The molecule has 0 spiro atoms. The van der Waals surface area contributed by atoms with Gasteiger partial charge in [0.1, 0.15) is 4.88 Å². The Kier molecular flexibility index (Phi) is 7.19. The number of hydrogen-bond acceptors (Lipinski definition) is 8. The van der Waals surface area contributed by atoms with Crippen LogP contribution in [0.3, 0.4) is 0 Å². The zero-order chi connectivity index (χ0) is 24.1. The molecule has 10 heteroatoms. The Bertz CT molecular complexity index is 1400. The molecule has 0 unspecified atom stereocenters. The average molecular weight is 493 g/mol. The molecule has 2 aromatic carbocycles. The Balaban J connectivity index is 1.57. The first kappa shape index (κ1) is 23.4. The lowest BCUT2D eigenvalue weighted by Gasteiger charge is -2.09. The second kappa shape index (κ2) is 10.4. The number of anilines is 2. The van der Waals surface area contributed by atoms with Crippen LogP contribution in [0.15, 0.2) is 64.8 Å². The van der Waals surface area contributed by atoms with Crippen molar-refractivity contribution >= 4 is 51.3 Å². The molecule has 0 saturated heterocycles. The molecule has 0 atom stereocenters. The van der Waals surface area contributed by atoms with Crippen molar-refractivity contribution < 1.29 is 9.90 Å². The van der Waals surface area contributed by atoms with Crippen LogP contribution in [0.5, 0.6) is 5.88 Å². The van der Waals surface area contributed by atoms with Gasteiger partial charge in [0.15, 0.2) is 0 Å². The van der Waals surface area contributed by atoms with Crippen LogP contribution >= 0.6 is 22.7 Å². The molecular weight excluding hydrogens is 468 g/mol. The summed E-state index contributed by atoms with van der Waals surface area (Å²) in [5.74, 6) is 0.0142. The van der Waals surface area contributed by atoms with Gasteiger partial charge in [0.25, 0.3) is 0 Å². The first-order valence-electron chi connectivity index (χ1n) is 10.6. The summed E-state index contributed by atoms with van der Waals surface area (Å²) in [6.45, 7) is 5.96. The lowest BCUT2D eigenvalue weighted by Crippen LogP contribution is -2.14. The zero-order valence-electron chi connectivity index (χ0n) is 18.9. The second-order valence-corrected chi connectivity index (χ2v) is 9.36. The predicted molar refractivity (Wildman–Crippen MR) is 139 cm³/mol.